The van der Waals surface area contributed by atoms with Crippen molar-refractivity contribution >= 4 is 5.82 Å². The second kappa shape index (κ2) is 8.84. The highest BCUT2D eigenvalue weighted by Crippen LogP contribution is 2.40. The lowest BCUT2D eigenvalue weighted by atomic mass is 9.95. The van der Waals surface area contributed by atoms with Crippen molar-refractivity contribution in [3.63, 3.8) is 0 Å². The highest BCUT2D eigenvalue weighted by atomic mass is 16.5. The number of aromatic nitrogens is 4. The molecule has 1 atom stereocenters. The van der Waals surface area contributed by atoms with E-state index in [2.05, 4.69) is 53.5 Å². The second-order valence-electron chi connectivity index (χ2n) is 9.73. The first-order valence-electron chi connectivity index (χ1n) is 11.1. The van der Waals surface area contributed by atoms with Crippen LogP contribution in [0.3, 0.4) is 0 Å². The van der Waals surface area contributed by atoms with Crippen molar-refractivity contribution in [2.45, 2.75) is 51.9 Å². The van der Waals surface area contributed by atoms with Gasteiger partial charge in [0.25, 0.3) is 0 Å². The Kier molecular flexibility index (Phi) is 6.18. The number of rotatable bonds is 7. The Morgan fingerprint density at radius 2 is 1.77 bits per heavy atom. The number of piperazine rings is 1. The van der Waals surface area contributed by atoms with Crippen LogP contribution in [-0.4, -0.2) is 64.2 Å². The molecule has 3 heterocycles. The fourth-order valence-corrected chi connectivity index (χ4v) is 3.77. The van der Waals surface area contributed by atoms with Gasteiger partial charge < -0.3 is 9.64 Å². The van der Waals surface area contributed by atoms with Crippen molar-refractivity contribution in [3.05, 3.63) is 36.0 Å². The van der Waals surface area contributed by atoms with E-state index in [-0.39, 0.29) is 5.41 Å². The molecule has 2 aromatic heterocycles. The Hall–Kier alpha value is -2.28. The van der Waals surface area contributed by atoms with Gasteiger partial charge in [-0.25, -0.2) is 19.9 Å². The van der Waals surface area contributed by atoms with E-state index in [4.69, 9.17) is 14.7 Å². The van der Waals surface area contributed by atoms with Gasteiger partial charge in [-0.2, -0.15) is 0 Å². The summed E-state index contributed by atoms with van der Waals surface area (Å²) in [6.07, 6.45) is 5.95. The van der Waals surface area contributed by atoms with Crippen molar-refractivity contribution in [3.8, 4) is 6.01 Å². The fraction of sp³-hybridized carbons (Fsp3) is 0.652. The van der Waals surface area contributed by atoms with Crippen LogP contribution in [0.5, 0.6) is 6.01 Å². The zero-order chi connectivity index (χ0) is 21.1. The zero-order valence-corrected chi connectivity index (χ0v) is 18.7. The normalized spacial score (nSPS) is 19.0. The Balaban J connectivity index is 1.31. The Morgan fingerprint density at radius 3 is 2.40 bits per heavy atom. The van der Waals surface area contributed by atoms with E-state index in [1.807, 2.05) is 0 Å². The summed E-state index contributed by atoms with van der Waals surface area (Å²) in [7, 11) is 0. The molecular weight excluding hydrogens is 376 g/mol. The summed E-state index contributed by atoms with van der Waals surface area (Å²) in [5.74, 6) is 3.14. The molecule has 0 bridgehead atoms. The number of hydrogen-bond donors (Lipinski definition) is 0. The summed E-state index contributed by atoms with van der Waals surface area (Å²) in [4.78, 5) is 23.0. The van der Waals surface area contributed by atoms with E-state index in [0.717, 1.165) is 44.4 Å². The molecule has 2 aromatic rings. The molecule has 1 aliphatic carbocycles. The SMILES string of the molecule is C[C@@H](COc1ncccn1)CN1CCN(c2cc(C3CC3)nc(C(C)(C)C)n2)CC1. The average molecular weight is 411 g/mol. The molecule has 1 saturated carbocycles. The van der Waals surface area contributed by atoms with Crippen LogP contribution in [0, 0.1) is 5.92 Å². The van der Waals surface area contributed by atoms with E-state index >= 15 is 0 Å². The standard InChI is InChI=1S/C23H34N6O/c1-17(16-30-22-24-8-5-9-25-22)15-28-10-12-29(13-11-28)20-14-19(18-6-7-18)26-21(27-20)23(2,3)4/h5,8-9,14,17-18H,6-7,10-13,15-16H2,1-4H3/t17-/m1/s1. The highest BCUT2D eigenvalue weighted by Gasteiger charge is 2.30. The monoisotopic (exact) mass is 410 g/mol. The van der Waals surface area contributed by atoms with Crippen LogP contribution in [0.1, 0.15) is 58.0 Å². The van der Waals surface area contributed by atoms with E-state index in [1.54, 1.807) is 18.5 Å². The van der Waals surface area contributed by atoms with Gasteiger partial charge >= 0.3 is 6.01 Å². The van der Waals surface area contributed by atoms with Crippen LogP contribution < -0.4 is 9.64 Å². The maximum Gasteiger partial charge on any atom is 0.316 e. The van der Waals surface area contributed by atoms with Gasteiger partial charge in [-0.05, 0) is 18.9 Å². The predicted molar refractivity (Wildman–Crippen MR) is 118 cm³/mol. The molecule has 162 valence electrons. The third kappa shape index (κ3) is 5.45. The molecule has 2 aliphatic rings. The molecule has 0 radical (unpaired) electrons. The topological polar surface area (TPSA) is 67.3 Å². The van der Waals surface area contributed by atoms with Gasteiger partial charge in [0.15, 0.2) is 0 Å². The maximum absolute atomic E-state index is 5.71. The lowest BCUT2D eigenvalue weighted by molar-refractivity contribution is 0.172. The molecule has 1 aliphatic heterocycles. The molecule has 0 amide bonds. The van der Waals surface area contributed by atoms with Gasteiger partial charge in [-0.15, -0.1) is 0 Å². The highest BCUT2D eigenvalue weighted by molar-refractivity contribution is 5.42. The van der Waals surface area contributed by atoms with Crippen LogP contribution in [0.25, 0.3) is 0 Å². The summed E-state index contributed by atoms with van der Waals surface area (Å²) in [5.41, 5.74) is 1.21. The number of ether oxygens (including phenoxy) is 1. The Morgan fingerprint density at radius 1 is 1.07 bits per heavy atom. The van der Waals surface area contributed by atoms with E-state index in [9.17, 15) is 0 Å². The van der Waals surface area contributed by atoms with Crippen LogP contribution >= 0.6 is 0 Å². The molecule has 0 N–H and O–H groups in total. The largest absolute Gasteiger partial charge is 0.463 e. The maximum atomic E-state index is 5.71. The van der Waals surface area contributed by atoms with Crippen molar-refractivity contribution in [2.75, 3.05) is 44.2 Å². The molecule has 30 heavy (non-hydrogen) atoms. The van der Waals surface area contributed by atoms with Crippen LogP contribution in [0.15, 0.2) is 24.5 Å². The summed E-state index contributed by atoms with van der Waals surface area (Å²) in [6.45, 7) is 14.6. The molecule has 0 unspecified atom stereocenters. The number of nitrogens with zero attached hydrogens (tertiary/aromatic N) is 6. The van der Waals surface area contributed by atoms with E-state index in [0.29, 0.717) is 24.5 Å². The minimum Gasteiger partial charge on any atom is -0.463 e. The lowest BCUT2D eigenvalue weighted by Gasteiger charge is -2.37. The van der Waals surface area contributed by atoms with E-state index in [1.165, 1.54) is 18.5 Å². The minimum absolute atomic E-state index is 0.0284. The third-order valence-electron chi connectivity index (χ3n) is 5.70. The Bertz CT molecular complexity index is 825. The van der Waals surface area contributed by atoms with Gasteiger partial charge in [0.1, 0.15) is 11.6 Å². The smallest absolute Gasteiger partial charge is 0.316 e. The quantitative estimate of drug-likeness (QED) is 0.694. The lowest BCUT2D eigenvalue weighted by Crippen LogP contribution is -2.48. The van der Waals surface area contributed by atoms with Crippen LogP contribution in [-0.2, 0) is 5.41 Å². The first-order valence-corrected chi connectivity index (χ1v) is 11.1. The first-order chi connectivity index (χ1) is 14.4. The first kappa shape index (κ1) is 21.0. The molecule has 0 spiro atoms. The van der Waals surface area contributed by atoms with Crippen LogP contribution in [0.4, 0.5) is 5.82 Å². The number of anilines is 1. The van der Waals surface area contributed by atoms with Gasteiger partial charge in [0.05, 0.1) is 6.61 Å². The average Bonchev–Trinajstić information content (AvgIpc) is 3.58. The molecule has 7 nitrogen and oxygen atoms in total. The van der Waals surface area contributed by atoms with E-state index < -0.39 is 0 Å². The summed E-state index contributed by atoms with van der Waals surface area (Å²) < 4.78 is 5.71. The molecule has 2 fully saturated rings. The van der Waals surface area contributed by atoms with Crippen molar-refractivity contribution in [2.24, 2.45) is 5.92 Å². The summed E-state index contributed by atoms with van der Waals surface area (Å²) in [6, 6.07) is 4.49. The fourth-order valence-electron chi connectivity index (χ4n) is 3.77. The third-order valence-corrected chi connectivity index (χ3v) is 5.70. The summed E-state index contributed by atoms with van der Waals surface area (Å²) in [5, 5.41) is 0. The van der Waals surface area contributed by atoms with Gasteiger partial charge in [-0.1, -0.05) is 27.7 Å². The molecular formula is C23H34N6O. The molecule has 4 rings (SSSR count). The second-order valence-corrected chi connectivity index (χ2v) is 9.73. The molecule has 0 aromatic carbocycles. The molecule has 1 saturated heterocycles. The predicted octanol–water partition coefficient (Wildman–Crippen LogP) is 3.28. The van der Waals surface area contributed by atoms with Gasteiger partial charge in [-0.3, -0.25) is 4.90 Å². The zero-order valence-electron chi connectivity index (χ0n) is 18.7. The summed E-state index contributed by atoms with van der Waals surface area (Å²) >= 11 is 0. The van der Waals surface area contributed by atoms with Gasteiger partial charge in [0, 0.05) is 74.1 Å². The van der Waals surface area contributed by atoms with Crippen molar-refractivity contribution in [1.29, 1.82) is 0 Å². The van der Waals surface area contributed by atoms with Crippen molar-refractivity contribution < 1.29 is 4.74 Å². The molecule has 7 heteroatoms. The Labute approximate surface area is 179 Å². The van der Waals surface area contributed by atoms with Crippen LogP contribution in [0.2, 0.25) is 0 Å². The van der Waals surface area contributed by atoms with Gasteiger partial charge in [0.2, 0.25) is 0 Å². The van der Waals surface area contributed by atoms with Crippen molar-refractivity contribution in [1.82, 2.24) is 24.8 Å². The number of hydrogen-bond acceptors (Lipinski definition) is 7. The minimum atomic E-state index is -0.0284.